The smallest absolute Gasteiger partial charge is 0.266 e. The molecule has 0 radical (unpaired) electrons. The van der Waals surface area contributed by atoms with Gasteiger partial charge in [-0.15, -0.1) is 0 Å². The molecule has 5 nitrogen and oxygen atoms in total. The maximum Gasteiger partial charge on any atom is 0.266 e. The Bertz CT molecular complexity index is 1380. The largest absolute Gasteiger partial charge is 0.489 e. The van der Waals surface area contributed by atoms with Crippen LogP contribution in [0.25, 0.3) is 17.0 Å². The fourth-order valence-electron chi connectivity index (χ4n) is 3.62. The van der Waals surface area contributed by atoms with Gasteiger partial charge in [0.15, 0.2) is 11.6 Å². The monoisotopic (exact) mass is 439 g/mol. The fraction of sp³-hybridized carbons (Fsp3) is 0.111. The average Bonchev–Trinajstić information content (AvgIpc) is 3.16. The van der Waals surface area contributed by atoms with E-state index in [4.69, 9.17) is 4.74 Å². The first-order valence-corrected chi connectivity index (χ1v) is 10.5. The van der Waals surface area contributed by atoms with E-state index in [9.17, 15) is 14.4 Å². The van der Waals surface area contributed by atoms with Gasteiger partial charge in [-0.2, -0.15) is 5.26 Å². The van der Waals surface area contributed by atoms with Crippen molar-refractivity contribution in [3.8, 4) is 11.8 Å². The summed E-state index contributed by atoms with van der Waals surface area (Å²) in [5.74, 6) is -0.673. The Morgan fingerprint density at radius 2 is 1.91 bits per heavy atom. The normalized spacial score (nSPS) is 11.2. The molecule has 0 aliphatic heterocycles. The second kappa shape index (κ2) is 9.84. The van der Waals surface area contributed by atoms with Gasteiger partial charge in [-0.05, 0) is 48.9 Å². The van der Waals surface area contributed by atoms with E-state index in [1.807, 2.05) is 66.2 Å². The lowest BCUT2D eigenvalue weighted by Crippen LogP contribution is -2.13. The number of carbonyl (C=O) groups excluding carboxylic acids is 1. The molecule has 0 atom stereocenters. The highest BCUT2D eigenvalue weighted by atomic mass is 19.1. The minimum atomic E-state index is -0.470. The number of halogens is 1. The highest BCUT2D eigenvalue weighted by Gasteiger charge is 2.13. The van der Waals surface area contributed by atoms with Gasteiger partial charge in [-0.1, -0.05) is 42.5 Å². The number of hydrogen-bond donors (Lipinski definition) is 1. The van der Waals surface area contributed by atoms with Crippen LogP contribution in [0.2, 0.25) is 0 Å². The van der Waals surface area contributed by atoms with Crippen molar-refractivity contribution in [1.29, 1.82) is 5.26 Å². The molecule has 1 N–H and O–H groups in total. The molecule has 6 heteroatoms. The molecule has 4 rings (SSSR count). The molecule has 1 heterocycles. The zero-order valence-corrected chi connectivity index (χ0v) is 18.1. The molecule has 0 aliphatic rings. The van der Waals surface area contributed by atoms with Crippen LogP contribution in [-0.4, -0.2) is 17.1 Å². The molecule has 0 saturated carbocycles. The van der Waals surface area contributed by atoms with Gasteiger partial charge in [-0.3, -0.25) is 4.79 Å². The number of aryl methyl sites for hydroxylation is 1. The summed E-state index contributed by atoms with van der Waals surface area (Å²) < 4.78 is 21.4. The summed E-state index contributed by atoms with van der Waals surface area (Å²) in [7, 11) is 0. The summed E-state index contributed by atoms with van der Waals surface area (Å²) in [6.07, 6.45) is 3.45. The van der Waals surface area contributed by atoms with Crippen molar-refractivity contribution in [1.82, 2.24) is 4.57 Å². The zero-order chi connectivity index (χ0) is 23.2. The summed E-state index contributed by atoms with van der Waals surface area (Å²) in [5.41, 5.74) is 3.32. The van der Waals surface area contributed by atoms with E-state index in [1.54, 1.807) is 30.3 Å². The number of amides is 1. The van der Waals surface area contributed by atoms with E-state index < -0.39 is 11.7 Å². The molecule has 0 fully saturated rings. The van der Waals surface area contributed by atoms with Gasteiger partial charge >= 0.3 is 0 Å². The predicted octanol–water partition coefficient (Wildman–Crippen LogP) is 5.71. The van der Waals surface area contributed by atoms with Crippen LogP contribution in [0.1, 0.15) is 11.1 Å². The first-order chi connectivity index (χ1) is 16.0. The number of hydrogen-bond acceptors (Lipinski definition) is 3. The van der Waals surface area contributed by atoms with Gasteiger partial charge in [-0.25, -0.2) is 4.39 Å². The van der Waals surface area contributed by atoms with Crippen LogP contribution in [0.3, 0.4) is 0 Å². The molecule has 1 amide bonds. The second-order valence-electron chi connectivity index (χ2n) is 7.57. The van der Waals surface area contributed by atoms with Gasteiger partial charge in [0.05, 0.1) is 6.54 Å². The highest BCUT2D eigenvalue weighted by Crippen LogP contribution is 2.24. The minimum Gasteiger partial charge on any atom is -0.489 e. The van der Waals surface area contributed by atoms with E-state index >= 15 is 0 Å². The third kappa shape index (κ3) is 5.10. The van der Waals surface area contributed by atoms with E-state index in [2.05, 4.69) is 5.32 Å². The maximum absolute atomic E-state index is 13.8. The molecule has 0 unspecified atom stereocenters. The zero-order valence-electron chi connectivity index (χ0n) is 18.1. The van der Waals surface area contributed by atoms with Crippen molar-refractivity contribution >= 4 is 28.6 Å². The SMILES string of the molecule is Cc1cccc(NC(=O)C(C#N)=Cc2cn(CCOc3ccccc3F)c3ccccc23)c1. The molecule has 3 aromatic carbocycles. The van der Waals surface area contributed by atoms with Gasteiger partial charge < -0.3 is 14.6 Å². The van der Waals surface area contributed by atoms with Crippen LogP contribution >= 0.6 is 0 Å². The lowest BCUT2D eigenvalue weighted by molar-refractivity contribution is -0.112. The summed E-state index contributed by atoms with van der Waals surface area (Å²) in [6.45, 7) is 2.67. The van der Waals surface area contributed by atoms with Crippen LogP contribution in [0.5, 0.6) is 5.75 Å². The average molecular weight is 439 g/mol. The van der Waals surface area contributed by atoms with Crippen LogP contribution in [-0.2, 0) is 11.3 Å². The summed E-state index contributed by atoms with van der Waals surface area (Å²) >= 11 is 0. The first kappa shape index (κ1) is 21.8. The highest BCUT2D eigenvalue weighted by molar-refractivity contribution is 6.10. The Hall–Kier alpha value is -4.37. The predicted molar refractivity (Wildman–Crippen MR) is 127 cm³/mol. The molecule has 4 aromatic rings. The van der Waals surface area contributed by atoms with Crippen molar-refractivity contribution in [2.24, 2.45) is 0 Å². The number of aromatic nitrogens is 1. The first-order valence-electron chi connectivity index (χ1n) is 10.5. The van der Waals surface area contributed by atoms with Crippen molar-refractivity contribution in [3.05, 3.63) is 102 Å². The number of carbonyl (C=O) groups is 1. The number of para-hydroxylation sites is 2. The molecule has 0 bridgehead atoms. The maximum atomic E-state index is 13.8. The van der Waals surface area contributed by atoms with Gasteiger partial charge in [0.2, 0.25) is 0 Å². The number of nitrogens with one attached hydrogen (secondary N) is 1. The number of fused-ring (bicyclic) bond motifs is 1. The van der Waals surface area contributed by atoms with E-state index in [0.717, 1.165) is 22.0 Å². The molecular weight excluding hydrogens is 417 g/mol. The van der Waals surface area contributed by atoms with Crippen molar-refractivity contribution < 1.29 is 13.9 Å². The molecule has 0 saturated heterocycles. The Labute approximate surface area is 191 Å². The number of nitrogens with zero attached hydrogens (tertiary/aromatic N) is 2. The quantitative estimate of drug-likeness (QED) is 0.296. The van der Waals surface area contributed by atoms with Crippen LogP contribution in [0, 0.1) is 24.1 Å². The molecule has 0 aliphatic carbocycles. The molecule has 0 spiro atoms. The third-order valence-electron chi connectivity index (χ3n) is 5.19. The van der Waals surface area contributed by atoms with E-state index in [1.165, 1.54) is 6.07 Å². The van der Waals surface area contributed by atoms with Crippen molar-refractivity contribution in [2.45, 2.75) is 13.5 Å². The standard InChI is InChI=1S/C27H22FN3O2/c1-19-7-6-8-22(15-19)30-27(32)20(17-29)16-21-18-31(25-11-4-2-9-23(21)25)13-14-33-26-12-5-3-10-24(26)28/h2-12,15-16,18H,13-14H2,1H3,(H,30,32). The van der Waals surface area contributed by atoms with Gasteiger partial charge in [0.1, 0.15) is 18.2 Å². The lowest BCUT2D eigenvalue weighted by atomic mass is 10.1. The number of anilines is 1. The molecule has 164 valence electrons. The Kier molecular flexibility index (Phi) is 6.51. The van der Waals surface area contributed by atoms with Crippen molar-refractivity contribution in [3.63, 3.8) is 0 Å². The Morgan fingerprint density at radius 3 is 2.70 bits per heavy atom. The van der Waals surface area contributed by atoms with E-state index in [-0.39, 0.29) is 17.9 Å². The van der Waals surface area contributed by atoms with Crippen LogP contribution in [0.15, 0.2) is 84.6 Å². The second-order valence-corrected chi connectivity index (χ2v) is 7.57. The minimum absolute atomic E-state index is 0.00187. The molecular formula is C27H22FN3O2. The number of rotatable bonds is 7. The topological polar surface area (TPSA) is 67.0 Å². The Morgan fingerprint density at radius 1 is 1.12 bits per heavy atom. The Balaban J connectivity index is 1.56. The fourth-order valence-corrected chi connectivity index (χ4v) is 3.62. The number of nitriles is 1. The van der Waals surface area contributed by atoms with Gasteiger partial charge in [0.25, 0.3) is 5.91 Å². The summed E-state index contributed by atoms with van der Waals surface area (Å²) in [5, 5.41) is 13.3. The van der Waals surface area contributed by atoms with Crippen LogP contribution in [0.4, 0.5) is 10.1 Å². The number of ether oxygens (including phenoxy) is 1. The number of benzene rings is 3. The van der Waals surface area contributed by atoms with E-state index in [0.29, 0.717) is 12.2 Å². The molecule has 33 heavy (non-hydrogen) atoms. The van der Waals surface area contributed by atoms with Gasteiger partial charge in [0, 0.05) is 28.4 Å². The summed E-state index contributed by atoms with van der Waals surface area (Å²) in [6, 6.07) is 23.4. The van der Waals surface area contributed by atoms with Crippen molar-refractivity contribution in [2.75, 3.05) is 11.9 Å². The third-order valence-corrected chi connectivity index (χ3v) is 5.19. The molecule has 1 aromatic heterocycles. The lowest BCUT2D eigenvalue weighted by Gasteiger charge is -2.08. The summed E-state index contributed by atoms with van der Waals surface area (Å²) in [4.78, 5) is 12.7. The van der Waals surface area contributed by atoms with Crippen LogP contribution < -0.4 is 10.1 Å².